The van der Waals surface area contributed by atoms with E-state index in [2.05, 4.69) is 36.9 Å². The molecule has 0 N–H and O–H groups in total. The number of amides is 1. The van der Waals surface area contributed by atoms with Crippen molar-refractivity contribution in [3.05, 3.63) is 66.2 Å². The molecule has 2 atom stereocenters. The van der Waals surface area contributed by atoms with Gasteiger partial charge >= 0.3 is 5.97 Å². The Morgan fingerprint density at radius 1 is 1.03 bits per heavy atom. The molecule has 3 aromatic rings. The third-order valence-electron chi connectivity index (χ3n) is 6.45. The van der Waals surface area contributed by atoms with Crippen LogP contribution in [0.25, 0.3) is 10.8 Å². The van der Waals surface area contributed by atoms with Gasteiger partial charge in [-0.3, -0.25) is 9.59 Å². The zero-order valence-corrected chi connectivity index (χ0v) is 22.7. The molecule has 0 fully saturated rings. The van der Waals surface area contributed by atoms with Crippen LogP contribution in [-0.4, -0.2) is 56.2 Å². The Balaban J connectivity index is 0.00000361. The molecule has 3 aromatic carbocycles. The summed E-state index contributed by atoms with van der Waals surface area (Å²) < 4.78 is 11.1. The minimum atomic E-state index is -0.950. The second-order valence-electron chi connectivity index (χ2n) is 8.49. The maximum absolute atomic E-state index is 14.1. The fourth-order valence-corrected chi connectivity index (χ4v) is 5.95. The van der Waals surface area contributed by atoms with Gasteiger partial charge in [0.2, 0.25) is 0 Å². The monoisotopic (exact) mass is 528 g/mol. The van der Waals surface area contributed by atoms with E-state index in [1.807, 2.05) is 47.4 Å². The summed E-state index contributed by atoms with van der Waals surface area (Å²) in [4.78, 5) is 31.4. The lowest BCUT2D eigenvalue weighted by Crippen LogP contribution is -2.45. The van der Waals surface area contributed by atoms with Gasteiger partial charge in [0, 0.05) is 24.9 Å². The summed E-state index contributed by atoms with van der Waals surface area (Å²) >= 11 is 1.58. The van der Waals surface area contributed by atoms with Crippen molar-refractivity contribution in [1.29, 1.82) is 0 Å². The number of anilines is 1. The highest BCUT2D eigenvalue weighted by molar-refractivity contribution is 8.00. The first-order valence-corrected chi connectivity index (χ1v) is 12.9. The standard InChI is InChI=1S/C28H32N2O4S.ClH/c1-5-29(6-2)17-18-30-24-16-13-20-9-7-8-10-23(20)27(24)35-26(25(28(30)32)34-19(3)31)21-11-14-22(33-4)15-12-21;/h7-16,25-26H,5-6,17-18H2,1-4H3;1H/t25-,26+;/m1./s1. The topological polar surface area (TPSA) is 59.1 Å². The Labute approximate surface area is 223 Å². The smallest absolute Gasteiger partial charge is 0.303 e. The van der Waals surface area contributed by atoms with Gasteiger partial charge in [0.05, 0.1) is 18.0 Å². The van der Waals surface area contributed by atoms with Crippen LogP contribution in [0.5, 0.6) is 5.75 Å². The normalized spacial score (nSPS) is 17.4. The van der Waals surface area contributed by atoms with Crippen molar-refractivity contribution in [3.8, 4) is 5.75 Å². The Morgan fingerprint density at radius 2 is 1.72 bits per heavy atom. The zero-order chi connectivity index (χ0) is 24.9. The summed E-state index contributed by atoms with van der Waals surface area (Å²) in [5, 5.41) is 1.78. The molecule has 0 radical (unpaired) electrons. The van der Waals surface area contributed by atoms with Gasteiger partial charge in [-0.25, -0.2) is 0 Å². The van der Waals surface area contributed by atoms with E-state index in [1.165, 1.54) is 6.92 Å². The van der Waals surface area contributed by atoms with Crippen molar-refractivity contribution in [3.63, 3.8) is 0 Å². The number of ether oxygens (including phenoxy) is 2. The van der Waals surface area contributed by atoms with Crippen molar-refractivity contribution in [2.75, 3.05) is 38.2 Å². The molecule has 0 aromatic heterocycles. The third kappa shape index (κ3) is 5.80. The molecular formula is C28H33ClN2O4S. The predicted octanol–water partition coefficient (Wildman–Crippen LogP) is 5.72. The first-order chi connectivity index (χ1) is 17.0. The number of methoxy groups -OCH3 is 1. The van der Waals surface area contributed by atoms with Crippen LogP contribution in [0, 0.1) is 0 Å². The van der Waals surface area contributed by atoms with E-state index in [4.69, 9.17) is 9.47 Å². The van der Waals surface area contributed by atoms with Crippen LogP contribution in [0.2, 0.25) is 0 Å². The van der Waals surface area contributed by atoms with Gasteiger partial charge in [-0.15, -0.1) is 24.2 Å². The Kier molecular flexibility index (Phi) is 9.65. The number of rotatable bonds is 8. The number of fused-ring (bicyclic) bond motifs is 3. The van der Waals surface area contributed by atoms with E-state index in [0.717, 1.165) is 52.3 Å². The first kappa shape index (κ1) is 27.8. The number of carbonyl (C=O) groups excluding carboxylic acids is 2. The summed E-state index contributed by atoms with van der Waals surface area (Å²) in [5.41, 5.74) is 1.76. The number of hydrogen-bond acceptors (Lipinski definition) is 6. The summed E-state index contributed by atoms with van der Waals surface area (Å²) in [7, 11) is 1.62. The lowest BCUT2D eigenvalue weighted by atomic mass is 10.0. The van der Waals surface area contributed by atoms with Gasteiger partial charge < -0.3 is 19.3 Å². The predicted molar refractivity (Wildman–Crippen MR) is 148 cm³/mol. The molecule has 0 saturated carbocycles. The van der Waals surface area contributed by atoms with Crippen molar-refractivity contribution < 1.29 is 19.1 Å². The molecule has 192 valence electrons. The number of halogens is 1. The molecule has 36 heavy (non-hydrogen) atoms. The molecule has 1 aliphatic heterocycles. The minimum Gasteiger partial charge on any atom is -0.497 e. The van der Waals surface area contributed by atoms with Crippen molar-refractivity contribution in [1.82, 2.24) is 4.90 Å². The number of thioether (sulfide) groups is 1. The largest absolute Gasteiger partial charge is 0.497 e. The summed E-state index contributed by atoms with van der Waals surface area (Å²) in [5.74, 6) is 0.0612. The first-order valence-electron chi connectivity index (χ1n) is 12.0. The summed E-state index contributed by atoms with van der Waals surface area (Å²) in [6.45, 7) is 8.64. The van der Waals surface area contributed by atoms with Gasteiger partial charge in [-0.2, -0.15) is 0 Å². The fourth-order valence-electron chi connectivity index (χ4n) is 4.50. The molecule has 0 saturated heterocycles. The second-order valence-corrected chi connectivity index (χ2v) is 9.65. The second kappa shape index (κ2) is 12.5. The van der Waals surface area contributed by atoms with Crippen LogP contribution < -0.4 is 9.64 Å². The van der Waals surface area contributed by atoms with Gasteiger partial charge in [0.15, 0.2) is 6.10 Å². The van der Waals surface area contributed by atoms with Crippen molar-refractivity contribution >= 4 is 52.5 Å². The van der Waals surface area contributed by atoms with Gasteiger partial charge in [0.25, 0.3) is 5.91 Å². The van der Waals surface area contributed by atoms with Crippen LogP contribution in [-0.2, 0) is 14.3 Å². The van der Waals surface area contributed by atoms with Crippen LogP contribution in [0.3, 0.4) is 0 Å². The molecule has 1 aliphatic rings. The highest BCUT2D eigenvalue weighted by atomic mass is 35.5. The zero-order valence-electron chi connectivity index (χ0n) is 21.1. The highest BCUT2D eigenvalue weighted by Crippen LogP contribution is 2.49. The van der Waals surface area contributed by atoms with Crippen molar-refractivity contribution in [2.45, 2.75) is 37.0 Å². The van der Waals surface area contributed by atoms with Crippen LogP contribution >= 0.6 is 24.2 Å². The maximum atomic E-state index is 14.1. The van der Waals surface area contributed by atoms with Gasteiger partial charge in [0.1, 0.15) is 5.75 Å². The van der Waals surface area contributed by atoms with E-state index in [0.29, 0.717) is 6.54 Å². The number of carbonyl (C=O) groups is 2. The van der Waals surface area contributed by atoms with E-state index < -0.39 is 17.3 Å². The van der Waals surface area contributed by atoms with Crippen LogP contribution in [0.15, 0.2) is 65.6 Å². The quantitative estimate of drug-likeness (QED) is 0.348. The highest BCUT2D eigenvalue weighted by Gasteiger charge is 2.41. The van der Waals surface area contributed by atoms with E-state index >= 15 is 0 Å². The molecule has 0 unspecified atom stereocenters. The number of benzene rings is 3. The van der Waals surface area contributed by atoms with Crippen LogP contribution in [0.4, 0.5) is 5.69 Å². The lowest BCUT2D eigenvalue weighted by molar-refractivity contribution is -0.152. The van der Waals surface area contributed by atoms with Gasteiger partial charge in [-0.1, -0.05) is 56.3 Å². The molecule has 1 amide bonds. The van der Waals surface area contributed by atoms with Gasteiger partial charge in [-0.05, 0) is 47.6 Å². The molecule has 0 bridgehead atoms. The molecule has 4 rings (SSSR count). The SMILES string of the molecule is CCN(CC)CCN1C(=O)[C@H](OC(C)=O)[C@H](c2ccc(OC)cc2)Sc2c1ccc1ccccc21.Cl. The molecule has 6 nitrogen and oxygen atoms in total. The fraction of sp³-hybridized carbons (Fsp3) is 0.357. The summed E-state index contributed by atoms with van der Waals surface area (Å²) in [6.07, 6.45) is -0.950. The Bertz CT molecular complexity index is 1200. The van der Waals surface area contributed by atoms with E-state index in [1.54, 1.807) is 18.9 Å². The number of nitrogens with zero attached hydrogens (tertiary/aromatic N) is 2. The summed E-state index contributed by atoms with van der Waals surface area (Å²) in [6, 6.07) is 19.9. The number of esters is 1. The van der Waals surface area contributed by atoms with E-state index in [9.17, 15) is 9.59 Å². The molecular weight excluding hydrogens is 496 g/mol. The Hall–Kier alpha value is -2.74. The average Bonchev–Trinajstić information content (AvgIpc) is 2.99. The average molecular weight is 529 g/mol. The number of hydrogen-bond donors (Lipinski definition) is 0. The van der Waals surface area contributed by atoms with Crippen molar-refractivity contribution in [2.24, 2.45) is 0 Å². The van der Waals surface area contributed by atoms with Crippen LogP contribution in [0.1, 0.15) is 31.6 Å². The molecule has 0 spiro atoms. The molecule has 8 heteroatoms. The minimum absolute atomic E-state index is 0. The maximum Gasteiger partial charge on any atom is 0.303 e. The third-order valence-corrected chi connectivity index (χ3v) is 7.89. The van der Waals surface area contributed by atoms with E-state index in [-0.39, 0.29) is 18.3 Å². The molecule has 1 heterocycles. The Morgan fingerprint density at radius 3 is 2.36 bits per heavy atom. The molecule has 0 aliphatic carbocycles. The lowest BCUT2D eigenvalue weighted by Gasteiger charge is -2.29. The number of likely N-dealkylation sites (N-methyl/N-ethyl adjacent to an activating group) is 1.